The van der Waals surface area contributed by atoms with Crippen LogP contribution in [0.15, 0.2) is 41.3 Å². The Morgan fingerprint density at radius 3 is 2.68 bits per heavy atom. The van der Waals surface area contributed by atoms with Crippen molar-refractivity contribution in [2.75, 3.05) is 7.11 Å². The van der Waals surface area contributed by atoms with Crippen molar-refractivity contribution in [3.05, 3.63) is 63.2 Å². The van der Waals surface area contributed by atoms with Crippen molar-refractivity contribution in [2.24, 2.45) is 0 Å². The second-order valence-corrected chi connectivity index (χ2v) is 7.36. The summed E-state index contributed by atoms with van der Waals surface area (Å²) in [5.41, 5.74) is 2.59. The van der Waals surface area contributed by atoms with Crippen LogP contribution in [0.25, 0.3) is 0 Å². The van der Waals surface area contributed by atoms with Gasteiger partial charge in [-0.05, 0) is 28.8 Å². The molecule has 0 bridgehead atoms. The Labute approximate surface area is 145 Å². The van der Waals surface area contributed by atoms with Gasteiger partial charge in [-0.1, -0.05) is 18.2 Å². The van der Waals surface area contributed by atoms with Crippen LogP contribution in [-0.2, 0) is 29.7 Å². The van der Waals surface area contributed by atoms with Crippen LogP contribution in [0, 0.1) is 10.1 Å². The minimum absolute atomic E-state index is 0.0544. The second kappa shape index (κ2) is 6.79. The number of nitro groups is 1. The molecule has 0 unspecified atom stereocenters. The minimum Gasteiger partial charge on any atom is -0.497 e. The van der Waals surface area contributed by atoms with Crippen LogP contribution in [0.1, 0.15) is 16.7 Å². The number of hydrogen-bond acceptors (Lipinski definition) is 6. The number of rotatable bonds is 6. The maximum Gasteiger partial charge on any atom is 0.293 e. The summed E-state index contributed by atoms with van der Waals surface area (Å²) in [6.45, 7) is 1.61. The smallest absolute Gasteiger partial charge is 0.293 e. The van der Waals surface area contributed by atoms with Crippen molar-refractivity contribution < 1.29 is 18.1 Å². The van der Waals surface area contributed by atoms with Gasteiger partial charge in [0.2, 0.25) is 10.0 Å². The summed E-state index contributed by atoms with van der Waals surface area (Å²) in [5, 5.41) is 14.4. The first kappa shape index (κ1) is 17.3. The summed E-state index contributed by atoms with van der Waals surface area (Å²) in [6, 6.07) is 9.37. The van der Waals surface area contributed by atoms with E-state index in [2.05, 4.69) is 10.0 Å². The molecule has 1 heterocycles. The van der Waals surface area contributed by atoms with E-state index in [1.165, 1.54) is 24.8 Å². The minimum atomic E-state index is -4.04. The number of nitro benzene ring substituents is 1. The Balaban J connectivity index is 1.83. The molecule has 0 fully saturated rings. The first-order valence-electron chi connectivity index (χ1n) is 7.54. The third-order valence-electron chi connectivity index (χ3n) is 4.02. The van der Waals surface area contributed by atoms with E-state index in [9.17, 15) is 18.5 Å². The van der Waals surface area contributed by atoms with Gasteiger partial charge in [0, 0.05) is 19.6 Å². The van der Waals surface area contributed by atoms with Crippen LogP contribution >= 0.6 is 0 Å². The average molecular weight is 363 g/mol. The third-order valence-corrected chi connectivity index (χ3v) is 5.47. The van der Waals surface area contributed by atoms with Gasteiger partial charge in [0.15, 0.2) is 4.90 Å². The average Bonchev–Trinajstić information content (AvgIpc) is 3.07. The summed E-state index contributed by atoms with van der Waals surface area (Å²) in [5.74, 6) is 0.219. The normalized spacial score (nSPS) is 13.5. The van der Waals surface area contributed by atoms with E-state index in [1.807, 2.05) is 18.2 Å². The van der Waals surface area contributed by atoms with Crippen LogP contribution in [0.5, 0.6) is 5.75 Å². The van der Waals surface area contributed by atoms with Crippen molar-refractivity contribution in [3.63, 3.8) is 0 Å². The quantitative estimate of drug-likeness (QED) is 0.597. The van der Waals surface area contributed by atoms with Gasteiger partial charge in [0.25, 0.3) is 5.69 Å². The van der Waals surface area contributed by atoms with Crippen LogP contribution in [0.2, 0.25) is 0 Å². The van der Waals surface area contributed by atoms with Crippen LogP contribution < -0.4 is 14.8 Å². The lowest BCUT2D eigenvalue weighted by atomic mass is 10.1. The van der Waals surface area contributed by atoms with Gasteiger partial charge in [-0.2, -0.15) is 0 Å². The Morgan fingerprint density at radius 2 is 1.96 bits per heavy atom. The highest BCUT2D eigenvalue weighted by atomic mass is 32.2. The molecule has 25 heavy (non-hydrogen) atoms. The number of hydrogen-bond donors (Lipinski definition) is 2. The van der Waals surface area contributed by atoms with E-state index in [0.717, 1.165) is 30.3 Å². The fourth-order valence-corrected chi connectivity index (χ4v) is 3.88. The lowest BCUT2D eigenvalue weighted by molar-refractivity contribution is -0.387. The monoisotopic (exact) mass is 363 g/mol. The maximum absolute atomic E-state index is 12.5. The molecule has 0 spiro atoms. The van der Waals surface area contributed by atoms with Crippen molar-refractivity contribution in [3.8, 4) is 5.75 Å². The second-order valence-electron chi connectivity index (χ2n) is 5.62. The summed E-state index contributed by atoms with van der Waals surface area (Å²) < 4.78 is 32.3. The predicted octanol–water partition coefficient (Wildman–Crippen LogP) is 1.69. The fraction of sp³-hybridized carbons (Fsp3) is 0.250. The molecule has 2 N–H and O–H groups in total. The number of methoxy groups -OCH3 is 1. The molecule has 1 aliphatic rings. The number of ether oxygens (including phenoxy) is 1. The van der Waals surface area contributed by atoms with Crippen LogP contribution in [0.4, 0.5) is 5.69 Å². The highest BCUT2D eigenvalue weighted by Gasteiger charge is 2.26. The zero-order valence-corrected chi connectivity index (χ0v) is 14.3. The lowest BCUT2D eigenvalue weighted by Crippen LogP contribution is -2.24. The highest BCUT2D eigenvalue weighted by Crippen LogP contribution is 2.28. The van der Waals surface area contributed by atoms with Crippen molar-refractivity contribution in [2.45, 2.75) is 24.5 Å². The largest absolute Gasteiger partial charge is 0.497 e. The van der Waals surface area contributed by atoms with Crippen molar-refractivity contribution in [1.82, 2.24) is 10.0 Å². The number of fused-ring (bicyclic) bond motifs is 1. The van der Waals surface area contributed by atoms with E-state index in [-0.39, 0.29) is 17.2 Å². The zero-order valence-electron chi connectivity index (χ0n) is 13.5. The molecule has 0 saturated heterocycles. The Morgan fingerprint density at radius 1 is 1.20 bits per heavy atom. The summed E-state index contributed by atoms with van der Waals surface area (Å²) in [7, 11) is -2.68. The first-order chi connectivity index (χ1) is 11.9. The van der Waals surface area contributed by atoms with Crippen molar-refractivity contribution >= 4 is 15.7 Å². The number of nitrogens with zero attached hydrogens (tertiary/aromatic N) is 1. The van der Waals surface area contributed by atoms with E-state index >= 15 is 0 Å². The Kier molecular flexibility index (Phi) is 4.71. The predicted molar refractivity (Wildman–Crippen MR) is 90.7 cm³/mol. The number of sulfonamides is 1. The molecule has 0 amide bonds. The molecule has 0 atom stereocenters. The van der Waals surface area contributed by atoms with Gasteiger partial charge in [-0.25, -0.2) is 13.1 Å². The molecule has 0 aromatic heterocycles. The number of benzene rings is 2. The molecular formula is C16H17N3O5S. The molecule has 0 aliphatic carbocycles. The van der Waals surface area contributed by atoms with Gasteiger partial charge < -0.3 is 10.1 Å². The van der Waals surface area contributed by atoms with Crippen LogP contribution in [0.3, 0.4) is 0 Å². The Hall–Kier alpha value is -2.49. The molecule has 0 radical (unpaired) electrons. The molecule has 2 aromatic rings. The summed E-state index contributed by atoms with van der Waals surface area (Å²) in [4.78, 5) is 10.1. The summed E-state index contributed by atoms with van der Waals surface area (Å²) >= 11 is 0. The van der Waals surface area contributed by atoms with Crippen LogP contribution in [-0.4, -0.2) is 20.5 Å². The van der Waals surface area contributed by atoms with E-state index < -0.39 is 20.6 Å². The van der Waals surface area contributed by atoms with E-state index in [0.29, 0.717) is 0 Å². The Bertz CT molecular complexity index is 927. The van der Waals surface area contributed by atoms with E-state index in [1.54, 1.807) is 0 Å². The summed E-state index contributed by atoms with van der Waals surface area (Å²) in [6.07, 6.45) is 0. The molecule has 132 valence electrons. The standard InChI is InChI=1S/C16H17N3O5S/c1-24-14-4-5-16(15(7-14)19(20)21)25(22,23)18-8-11-2-3-12-9-17-10-13(12)6-11/h2-7,17-18H,8-10H2,1H3. The zero-order chi connectivity index (χ0) is 18.0. The molecule has 8 nitrogen and oxygen atoms in total. The maximum atomic E-state index is 12.5. The topological polar surface area (TPSA) is 111 Å². The molecule has 9 heteroatoms. The molecule has 2 aromatic carbocycles. The van der Waals surface area contributed by atoms with Gasteiger partial charge in [-0.15, -0.1) is 0 Å². The van der Waals surface area contributed by atoms with Crippen molar-refractivity contribution in [1.29, 1.82) is 0 Å². The molecular weight excluding hydrogens is 346 g/mol. The third kappa shape index (κ3) is 3.63. The SMILES string of the molecule is COc1ccc(S(=O)(=O)NCc2ccc3c(c2)CNC3)c([N+](=O)[O-])c1. The fourth-order valence-electron chi connectivity index (χ4n) is 2.71. The highest BCUT2D eigenvalue weighted by molar-refractivity contribution is 7.89. The molecule has 1 aliphatic heterocycles. The van der Waals surface area contributed by atoms with Gasteiger partial charge >= 0.3 is 0 Å². The molecule has 0 saturated carbocycles. The van der Waals surface area contributed by atoms with Gasteiger partial charge in [0.1, 0.15) is 5.75 Å². The number of nitrogens with one attached hydrogen (secondary N) is 2. The van der Waals surface area contributed by atoms with Gasteiger partial charge in [0.05, 0.1) is 18.1 Å². The van der Waals surface area contributed by atoms with Gasteiger partial charge in [-0.3, -0.25) is 10.1 Å². The molecule has 3 rings (SSSR count). The first-order valence-corrected chi connectivity index (χ1v) is 9.02. The lowest BCUT2D eigenvalue weighted by Gasteiger charge is -2.09. The van der Waals surface area contributed by atoms with E-state index in [4.69, 9.17) is 4.74 Å².